The number of hydrogen-bond donors (Lipinski definition) is 2. The number of nitrogens with zero attached hydrogens (tertiary/aromatic N) is 2. The molecule has 1 fully saturated rings. The number of nitrogens with one attached hydrogen (secondary N) is 1. The van der Waals surface area contributed by atoms with Crippen LogP contribution in [0.15, 0.2) is 0 Å². The van der Waals surface area contributed by atoms with Gasteiger partial charge in [0, 0.05) is 38.3 Å². The average Bonchev–Trinajstić information content (AvgIpc) is 2.25. The molecule has 96 valence electrons. The van der Waals surface area contributed by atoms with E-state index in [1.807, 2.05) is 0 Å². The summed E-state index contributed by atoms with van der Waals surface area (Å²) in [7, 11) is 4.19. The fraction of sp³-hybridized carbons (Fsp3) is 1.00. The zero-order valence-corrected chi connectivity index (χ0v) is 11.1. The molecule has 0 spiro atoms. The number of aliphatic hydroxyl groups excluding tert-OH is 1. The van der Waals surface area contributed by atoms with Crippen molar-refractivity contribution in [3.05, 3.63) is 0 Å². The molecule has 0 saturated carbocycles. The van der Waals surface area contributed by atoms with E-state index in [-0.39, 0.29) is 12.6 Å². The lowest BCUT2D eigenvalue weighted by Gasteiger charge is -2.41. The van der Waals surface area contributed by atoms with Gasteiger partial charge in [-0.1, -0.05) is 13.8 Å². The van der Waals surface area contributed by atoms with Crippen LogP contribution >= 0.6 is 0 Å². The fourth-order valence-corrected chi connectivity index (χ4v) is 2.11. The first-order valence-corrected chi connectivity index (χ1v) is 6.27. The summed E-state index contributed by atoms with van der Waals surface area (Å²) < 4.78 is 0. The second-order valence-electron chi connectivity index (χ2n) is 5.39. The molecule has 1 rings (SSSR count). The van der Waals surface area contributed by atoms with Crippen molar-refractivity contribution in [1.82, 2.24) is 15.1 Å². The summed E-state index contributed by atoms with van der Waals surface area (Å²) in [5.41, 5.74) is 0. The molecule has 1 aliphatic heterocycles. The second kappa shape index (κ2) is 6.55. The third-order valence-electron chi connectivity index (χ3n) is 3.41. The first kappa shape index (κ1) is 13.9. The average molecular weight is 229 g/mol. The Balaban J connectivity index is 2.46. The van der Waals surface area contributed by atoms with Crippen LogP contribution < -0.4 is 5.32 Å². The molecule has 1 saturated heterocycles. The molecule has 2 N–H and O–H groups in total. The van der Waals surface area contributed by atoms with Crippen molar-refractivity contribution in [3.63, 3.8) is 0 Å². The van der Waals surface area contributed by atoms with Crippen LogP contribution in [0.4, 0.5) is 0 Å². The van der Waals surface area contributed by atoms with Gasteiger partial charge in [0.2, 0.25) is 0 Å². The van der Waals surface area contributed by atoms with E-state index < -0.39 is 0 Å². The SMILES string of the molecule is CC(C)C1CN(CCN(C)C)C(CO)CN1. The third-order valence-corrected chi connectivity index (χ3v) is 3.41. The Morgan fingerprint density at radius 3 is 2.62 bits per heavy atom. The Labute approximate surface area is 99.6 Å². The van der Waals surface area contributed by atoms with Crippen molar-refractivity contribution in [2.24, 2.45) is 5.92 Å². The van der Waals surface area contributed by atoms with Crippen LogP contribution in [-0.2, 0) is 0 Å². The zero-order valence-electron chi connectivity index (χ0n) is 11.1. The standard InChI is InChI=1S/C12H27N3O/c1-10(2)12-8-15(6-5-14(3)4)11(9-16)7-13-12/h10-13,16H,5-9H2,1-4H3. The molecule has 0 bridgehead atoms. The van der Waals surface area contributed by atoms with Crippen molar-refractivity contribution in [3.8, 4) is 0 Å². The molecule has 0 amide bonds. The number of hydrogen-bond acceptors (Lipinski definition) is 4. The monoisotopic (exact) mass is 229 g/mol. The van der Waals surface area contributed by atoms with Crippen LogP contribution in [-0.4, -0.2) is 73.9 Å². The maximum absolute atomic E-state index is 9.36. The van der Waals surface area contributed by atoms with E-state index in [2.05, 4.69) is 43.1 Å². The molecule has 16 heavy (non-hydrogen) atoms. The number of piperazine rings is 1. The first-order valence-electron chi connectivity index (χ1n) is 6.27. The van der Waals surface area contributed by atoms with E-state index in [0.717, 1.165) is 26.2 Å². The Kier molecular flexibility index (Phi) is 5.69. The lowest BCUT2D eigenvalue weighted by molar-refractivity contribution is 0.0654. The second-order valence-corrected chi connectivity index (χ2v) is 5.39. The van der Waals surface area contributed by atoms with Crippen LogP contribution in [0.5, 0.6) is 0 Å². The van der Waals surface area contributed by atoms with Crippen molar-refractivity contribution < 1.29 is 5.11 Å². The van der Waals surface area contributed by atoms with Gasteiger partial charge < -0.3 is 15.3 Å². The van der Waals surface area contributed by atoms with Gasteiger partial charge in [-0.25, -0.2) is 0 Å². The summed E-state index contributed by atoms with van der Waals surface area (Å²) >= 11 is 0. The van der Waals surface area contributed by atoms with E-state index in [0.29, 0.717) is 12.0 Å². The highest BCUT2D eigenvalue weighted by Gasteiger charge is 2.28. The van der Waals surface area contributed by atoms with Gasteiger partial charge in [-0.2, -0.15) is 0 Å². The minimum atomic E-state index is 0.255. The van der Waals surface area contributed by atoms with Gasteiger partial charge in [0.15, 0.2) is 0 Å². The van der Waals surface area contributed by atoms with Crippen LogP contribution in [0.25, 0.3) is 0 Å². The van der Waals surface area contributed by atoms with Gasteiger partial charge >= 0.3 is 0 Å². The maximum atomic E-state index is 9.36. The van der Waals surface area contributed by atoms with Crippen molar-refractivity contribution >= 4 is 0 Å². The van der Waals surface area contributed by atoms with Crippen LogP contribution in [0.3, 0.4) is 0 Å². The smallest absolute Gasteiger partial charge is 0.0599 e. The van der Waals surface area contributed by atoms with Gasteiger partial charge in [-0.05, 0) is 20.0 Å². The predicted molar refractivity (Wildman–Crippen MR) is 67.6 cm³/mol. The molecule has 0 aromatic carbocycles. The summed E-state index contributed by atoms with van der Waals surface area (Å²) in [4.78, 5) is 4.61. The Bertz CT molecular complexity index is 197. The number of aliphatic hydroxyl groups is 1. The molecular weight excluding hydrogens is 202 g/mol. The number of rotatable bonds is 5. The Hall–Kier alpha value is -0.160. The molecule has 2 atom stereocenters. The summed E-state index contributed by atoms with van der Waals surface area (Å²) in [5, 5.41) is 12.9. The molecule has 1 aliphatic rings. The van der Waals surface area contributed by atoms with Crippen LogP contribution in [0, 0.1) is 5.92 Å². The lowest BCUT2D eigenvalue weighted by atomic mass is 9.99. The molecule has 2 unspecified atom stereocenters. The van der Waals surface area contributed by atoms with Gasteiger partial charge in [0.05, 0.1) is 6.61 Å². The van der Waals surface area contributed by atoms with Gasteiger partial charge in [0.1, 0.15) is 0 Å². The summed E-state index contributed by atoms with van der Waals surface area (Å²) in [6.07, 6.45) is 0. The van der Waals surface area contributed by atoms with Crippen molar-refractivity contribution in [2.45, 2.75) is 25.9 Å². The quantitative estimate of drug-likeness (QED) is 0.687. The van der Waals surface area contributed by atoms with Gasteiger partial charge in [-0.3, -0.25) is 4.90 Å². The summed E-state index contributed by atoms with van der Waals surface area (Å²) in [6, 6.07) is 0.847. The van der Waals surface area contributed by atoms with E-state index >= 15 is 0 Å². The highest BCUT2D eigenvalue weighted by atomic mass is 16.3. The topological polar surface area (TPSA) is 38.7 Å². The van der Waals surface area contributed by atoms with Gasteiger partial charge in [0.25, 0.3) is 0 Å². The predicted octanol–water partition coefficient (Wildman–Crippen LogP) is -0.161. The summed E-state index contributed by atoms with van der Waals surface area (Å²) in [6.45, 7) is 8.82. The minimum absolute atomic E-state index is 0.255. The van der Waals surface area contributed by atoms with Gasteiger partial charge in [-0.15, -0.1) is 0 Å². The minimum Gasteiger partial charge on any atom is -0.395 e. The van der Waals surface area contributed by atoms with Crippen molar-refractivity contribution in [2.75, 3.05) is 46.9 Å². The molecule has 0 radical (unpaired) electrons. The van der Waals surface area contributed by atoms with E-state index in [9.17, 15) is 5.11 Å². The Morgan fingerprint density at radius 2 is 2.12 bits per heavy atom. The Morgan fingerprint density at radius 1 is 1.44 bits per heavy atom. The molecule has 0 aromatic rings. The maximum Gasteiger partial charge on any atom is 0.0599 e. The van der Waals surface area contributed by atoms with E-state index in [1.54, 1.807) is 0 Å². The third kappa shape index (κ3) is 4.01. The van der Waals surface area contributed by atoms with E-state index in [4.69, 9.17) is 0 Å². The normalized spacial score (nSPS) is 27.9. The van der Waals surface area contributed by atoms with Crippen LogP contribution in [0.2, 0.25) is 0 Å². The fourth-order valence-electron chi connectivity index (χ4n) is 2.11. The molecule has 0 aromatic heterocycles. The molecular formula is C12H27N3O. The summed E-state index contributed by atoms with van der Waals surface area (Å²) in [5.74, 6) is 0.654. The molecule has 4 nitrogen and oxygen atoms in total. The molecule has 4 heteroatoms. The molecule has 1 heterocycles. The largest absolute Gasteiger partial charge is 0.395 e. The van der Waals surface area contributed by atoms with Crippen LogP contribution in [0.1, 0.15) is 13.8 Å². The van der Waals surface area contributed by atoms with E-state index in [1.165, 1.54) is 0 Å². The number of likely N-dealkylation sites (N-methyl/N-ethyl adjacent to an activating group) is 1. The molecule has 0 aliphatic carbocycles. The first-order chi connectivity index (χ1) is 7.54. The highest BCUT2D eigenvalue weighted by Crippen LogP contribution is 2.12. The highest BCUT2D eigenvalue weighted by molar-refractivity contribution is 4.87. The van der Waals surface area contributed by atoms with Crippen molar-refractivity contribution in [1.29, 1.82) is 0 Å². The zero-order chi connectivity index (χ0) is 12.1. The lowest BCUT2D eigenvalue weighted by Crippen LogP contribution is -2.60.